The van der Waals surface area contributed by atoms with Gasteiger partial charge in [-0.2, -0.15) is 0 Å². The molecule has 2 rings (SSSR count). The van der Waals surface area contributed by atoms with Crippen LogP contribution in [0.25, 0.3) is 0 Å². The van der Waals surface area contributed by atoms with E-state index >= 15 is 0 Å². The van der Waals surface area contributed by atoms with E-state index in [1.807, 2.05) is 30.3 Å². The van der Waals surface area contributed by atoms with E-state index in [0.29, 0.717) is 0 Å². The van der Waals surface area contributed by atoms with E-state index < -0.39 is 10.8 Å². The first-order valence-corrected chi connectivity index (χ1v) is 7.03. The topological polar surface area (TPSA) is 30.7 Å². The van der Waals surface area contributed by atoms with Crippen molar-refractivity contribution in [3.8, 4) is 0 Å². The molecule has 1 N–H and O–H groups in total. The molecule has 96 valence electrons. The molecule has 0 saturated carbocycles. The highest BCUT2D eigenvalue weighted by molar-refractivity contribution is 7.85. The summed E-state index contributed by atoms with van der Waals surface area (Å²) in [5.74, 6) is 0.749. The minimum absolute atomic E-state index is 0. The summed E-state index contributed by atoms with van der Waals surface area (Å²) < 4.78 is 17.2. The average molecular weight is 276 g/mol. The Kier molecular flexibility index (Phi) is 6.73. The standard InChI is InChI=1S/C12H17NO2S.ClH/c14-16(12-4-2-1-3-5-12)11-8-13-6-9-15-10-7-13;/h1-5H,6-11H2;1H. The molecule has 1 aromatic carbocycles. The van der Waals surface area contributed by atoms with Crippen molar-refractivity contribution >= 4 is 10.8 Å². The number of nitrogens with one attached hydrogen (secondary N) is 1. The van der Waals surface area contributed by atoms with Crippen molar-refractivity contribution in [3.05, 3.63) is 30.3 Å². The van der Waals surface area contributed by atoms with Crippen LogP contribution < -0.4 is 17.3 Å². The van der Waals surface area contributed by atoms with Crippen LogP contribution >= 0.6 is 0 Å². The van der Waals surface area contributed by atoms with Crippen molar-refractivity contribution in [1.29, 1.82) is 0 Å². The fourth-order valence-corrected chi connectivity index (χ4v) is 3.01. The minimum atomic E-state index is -0.847. The normalized spacial score (nSPS) is 18.4. The maximum atomic E-state index is 12.0. The molecule has 3 nitrogen and oxygen atoms in total. The zero-order valence-electron chi connectivity index (χ0n) is 9.73. The number of ether oxygens (including phenoxy) is 1. The minimum Gasteiger partial charge on any atom is -1.00 e. The van der Waals surface area contributed by atoms with Gasteiger partial charge in [-0.15, -0.1) is 0 Å². The molecule has 0 amide bonds. The van der Waals surface area contributed by atoms with Crippen molar-refractivity contribution < 1.29 is 26.3 Å². The summed E-state index contributed by atoms with van der Waals surface area (Å²) in [5.41, 5.74) is 0. The highest BCUT2D eigenvalue weighted by Crippen LogP contribution is 2.04. The second kappa shape index (κ2) is 7.82. The Hall–Kier alpha value is -0.420. The molecule has 0 aromatic heterocycles. The second-order valence-corrected chi connectivity index (χ2v) is 5.55. The van der Waals surface area contributed by atoms with E-state index in [1.165, 1.54) is 4.90 Å². The molecule has 1 aliphatic rings. The molecule has 0 bridgehead atoms. The maximum Gasteiger partial charge on any atom is 0.101 e. The summed E-state index contributed by atoms with van der Waals surface area (Å²) in [7, 11) is -0.847. The molecule has 1 atom stereocenters. The molecule has 5 heteroatoms. The zero-order chi connectivity index (χ0) is 11.2. The van der Waals surface area contributed by atoms with Gasteiger partial charge in [-0.25, -0.2) is 0 Å². The molecule has 0 radical (unpaired) electrons. The fraction of sp³-hybridized carbons (Fsp3) is 0.500. The summed E-state index contributed by atoms with van der Waals surface area (Å²) in [4.78, 5) is 2.45. The van der Waals surface area contributed by atoms with Crippen molar-refractivity contribution in [2.75, 3.05) is 38.6 Å². The van der Waals surface area contributed by atoms with Gasteiger partial charge in [0.15, 0.2) is 0 Å². The quantitative estimate of drug-likeness (QED) is 0.625. The SMILES string of the molecule is O=S(CC[NH+]1CCOCC1)c1ccccc1.[Cl-]. The van der Waals surface area contributed by atoms with E-state index in [2.05, 4.69) is 0 Å². The van der Waals surface area contributed by atoms with E-state index in [-0.39, 0.29) is 12.4 Å². The Balaban J connectivity index is 0.00000144. The summed E-state index contributed by atoms with van der Waals surface area (Å²) in [6, 6.07) is 9.70. The Labute approximate surface area is 111 Å². The van der Waals surface area contributed by atoms with Gasteiger partial charge >= 0.3 is 0 Å². The predicted molar refractivity (Wildman–Crippen MR) is 64.1 cm³/mol. The molecule has 1 saturated heterocycles. The van der Waals surface area contributed by atoms with Crippen LogP contribution in [0.15, 0.2) is 35.2 Å². The summed E-state index contributed by atoms with van der Waals surface area (Å²) in [6.45, 7) is 4.75. The number of hydrogen-bond acceptors (Lipinski definition) is 2. The predicted octanol–water partition coefficient (Wildman–Crippen LogP) is -3.29. The van der Waals surface area contributed by atoms with Crippen molar-refractivity contribution in [2.45, 2.75) is 4.90 Å². The van der Waals surface area contributed by atoms with E-state index in [9.17, 15) is 4.21 Å². The first kappa shape index (κ1) is 14.6. The highest BCUT2D eigenvalue weighted by atomic mass is 35.5. The summed E-state index contributed by atoms with van der Waals surface area (Å²) in [6.07, 6.45) is 0. The van der Waals surface area contributed by atoms with Crippen LogP contribution in [-0.4, -0.2) is 42.8 Å². The molecule has 1 unspecified atom stereocenters. The molecule has 0 spiro atoms. The molecule has 1 aromatic rings. The number of rotatable bonds is 4. The lowest BCUT2D eigenvalue weighted by molar-refractivity contribution is -0.905. The highest BCUT2D eigenvalue weighted by Gasteiger charge is 2.14. The van der Waals surface area contributed by atoms with Crippen LogP contribution in [0.3, 0.4) is 0 Å². The third-order valence-corrected chi connectivity index (χ3v) is 4.22. The summed E-state index contributed by atoms with van der Waals surface area (Å²) >= 11 is 0. The van der Waals surface area contributed by atoms with Crippen LogP contribution in [0.1, 0.15) is 0 Å². The van der Waals surface area contributed by atoms with Gasteiger partial charge in [0.25, 0.3) is 0 Å². The largest absolute Gasteiger partial charge is 1.00 e. The Morgan fingerprint density at radius 3 is 2.47 bits per heavy atom. The number of hydrogen-bond donors (Lipinski definition) is 1. The molecule has 1 heterocycles. The fourth-order valence-electron chi connectivity index (χ4n) is 1.84. The van der Waals surface area contributed by atoms with Crippen molar-refractivity contribution in [3.63, 3.8) is 0 Å². The smallest absolute Gasteiger partial charge is 0.101 e. The first-order valence-electron chi connectivity index (χ1n) is 5.71. The number of halogens is 1. The van der Waals surface area contributed by atoms with Crippen LogP contribution in [0.5, 0.6) is 0 Å². The molecule has 1 fully saturated rings. The lowest BCUT2D eigenvalue weighted by Crippen LogP contribution is -3.14. The third kappa shape index (κ3) is 4.76. The van der Waals surface area contributed by atoms with E-state index in [4.69, 9.17) is 4.74 Å². The van der Waals surface area contributed by atoms with Crippen LogP contribution in [-0.2, 0) is 15.5 Å². The molecule has 1 aliphatic heterocycles. The molecular formula is C12H18ClNO2S. The number of benzene rings is 1. The third-order valence-electron chi connectivity index (χ3n) is 2.85. The van der Waals surface area contributed by atoms with E-state index in [0.717, 1.165) is 43.5 Å². The van der Waals surface area contributed by atoms with Crippen LogP contribution in [0.4, 0.5) is 0 Å². The lowest BCUT2D eigenvalue weighted by Gasteiger charge is -2.23. The molecule has 0 aliphatic carbocycles. The lowest BCUT2D eigenvalue weighted by atomic mass is 10.4. The molecule has 17 heavy (non-hydrogen) atoms. The first-order chi connectivity index (χ1) is 7.86. The van der Waals surface area contributed by atoms with Gasteiger partial charge in [0.2, 0.25) is 0 Å². The van der Waals surface area contributed by atoms with Gasteiger partial charge < -0.3 is 22.0 Å². The Morgan fingerprint density at radius 2 is 1.82 bits per heavy atom. The van der Waals surface area contributed by atoms with Gasteiger partial charge in [0.1, 0.15) is 13.1 Å². The zero-order valence-corrected chi connectivity index (χ0v) is 11.3. The monoisotopic (exact) mass is 275 g/mol. The number of quaternary nitrogens is 1. The maximum absolute atomic E-state index is 12.0. The van der Waals surface area contributed by atoms with Crippen molar-refractivity contribution in [1.82, 2.24) is 0 Å². The van der Waals surface area contributed by atoms with Gasteiger partial charge in [-0.05, 0) is 12.1 Å². The molecular weight excluding hydrogens is 258 g/mol. The van der Waals surface area contributed by atoms with E-state index in [1.54, 1.807) is 0 Å². The van der Waals surface area contributed by atoms with Gasteiger partial charge in [-0.3, -0.25) is 4.21 Å². The number of morpholine rings is 1. The van der Waals surface area contributed by atoms with Gasteiger partial charge in [0.05, 0.1) is 36.3 Å². The van der Waals surface area contributed by atoms with Crippen LogP contribution in [0, 0.1) is 0 Å². The Morgan fingerprint density at radius 1 is 1.18 bits per heavy atom. The van der Waals surface area contributed by atoms with Gasteiger partial charge in [-0.1, -0.05) is 18.2 Å². The second-order valence-electron chi connectivity index (χ2n) is 3.98. The average Bonchev–Trinajstić information content (AvgIpc) is 2.38. The van der Waals surface area contributed by atoms with Crippen molar-refractivity contribution in [2.24, 2.45) is 0 Å². The van der Waals surface area contributed by atoms with Crippen LogP contribution in [0.2, 0.25) is 0 Å². The summed E-state index contributed by atoms with van der Waals surface area (Å²) in [5, 5.41) is 0. The Bertz CT molecular complexity index is 342. The van der Waals surface area contributed by atoms with Gasteiger partial charge in [0, 0.05) is 4.90 Å².